The predicted octanol–water partition coefficient (Wildman–Crippen LogP) is -0.530. The van der Waals surface area contributed by atoms with Gasteiger partial charge in [0, 0.05) is 0 Å². The Kier molecular flexibility index (Phi) is 451. The second-order valence-corrected chi connectivity index (χ2v) is 0. The third-order valence-corrected chi connectivity index (χ3v) is 0. The maximum Gasteiger partial charge on any atom is 3.00 e. The van der Waals surface area contributed by atoms with Gasteiger partial charge in [0.2, 0.25) is 0 Å². The summed E-state index contributed by atoms with van der Waals surface area (Å²) in [4.78, 5) is 0. The molecule has 25 valence electrons. The minimum atomic E-state index is 0. The van der Waals surface area contributed by atoms with Crippen LogP contribution in [0.15, 0.2) is 0 Å². The summed E-state index contributed by atoms with van der Waals surface area (Å²) in [7, 11) is 0. The van der Waals surface area contributed by atoms with Gasteiger partial charge in [-0.15, -0.1) is 0 Å². The van der Waals surface area contributed by atoms with Gasteiger partial charge < -0.3 is 16.4 Å². The average Bonchev–Trinajstić information content (AvgIpc) is 0. The molecule has 0 unspecified atom stereocenters. The molecule has 0 aliphatic rings. The van der Waals surface area contributed by atoms with E-state index in [-0.39, 0.29) is 57.3 Å². The molecular formula is H3NdO3. The minimum absolute atomic E-state index is 0. The third-order valence-electron chi connectivity index (χ3n) is 0. The quantitative estimate of drug-likeness (QED) is 0.520. The second-order valence-electron chi connectivity index (χ2n) is 0. The van der Waals surface area contributed by atoms with Crippen molar-refractivity contribution in [2.45, 2.75) is 0 Å². The van der Waals surface area contributed by atoms with Gasteiger partial charge in [0.05, 0.1) is 0 Å². The summed E-state index contributed by atoms with van der Waals surface area (Å²) in [6.07, 6.45) is 0. The molecule has 0 fully saturated rings. The van der Waals surface area contributed by atoms with Crippen molar-refractivity contribution in [3.8, 4) is 0 Å². The smallest absolute Gasteiger partial charge is 0.870 e. The Hall–Kier alpha value is 1.23. The molecule has 0 aromatic rings. The van der Waals surface area contributed by atoms with Gasteiger partial charge in [0.15, 0.2) is 0 Å². The van der Waals surface area contributed by atoms with Crippen LogP contribution in [-0.4, -0.2) is 16.4 Å². The molecule has 4 heteroatoms. The van der Waals surface area contributed by atoms with Gasteiger partial charge in [-0.1, -0.05) is 0 Å². The van der Waals surface area contributed by atoms with E-state index in [9.17, 15) is 0 Å². The Morgan fingerprint density at radius 1 is 0.500 bits per heavy atom. The molecule has 0 amide bonds. The first kappa shape index (κ1) is 61.8. The minimum Gasteiger partial charge on any atom is -0.870 e. The van der Waals surface area contributed by atoms with Crippen molar-refractivity contribution in [3.63, 3.8) is 0 Å². The molecule has 0 aromatic heterocycles. The van der Waals surface area contributed by atoms with Crippen molar-refractivity contribution in [1.82, 2.24) is 0 Å². The van der Waals surface area contributed by atoms with E-state index in [4.69, 9.17) is 0 Å². The summed E-state index contributed by atoms with van der Waals surface area (Å²) in [5.74, 6) is 0. The van der Waals surface area contributed by atoms with Crippen LogP contribution in [0.3, 0.4) is 0 Å². The average molecular weight is 195 g/mol. The number of hydrogen-bond donors (Lipinski definition) is 0. The maximum absolute atomic E-state index is 0. The third kappa shape index (κ3) is 10.6. The van der Waals surface area contributed by atoms with Gasteiger partial charge in [-0.25, -0.2) is 0 Å². The molecule has 3 N–H and O–H groups in total. The standard InChI is InChI=1S/Nd.3H2O/h;3*1H2/q+3;;;/p-3. The summed E-state index contributed by atoms with van der Waals surface area (Å²) in [5, 5.41) is 0. The van der Waals surface area contributed by atoms with Gasteiger partial charge in [-0.3, -0.25) is 0 Å². The van der Waals surface area contributed by atoms with Crippen LogP contribution in [0.2, 0.25) is 0 Å². The van der Waals surface area contributed by atoms with Crippen molar-refractivity contribution in [1.29, 1.82) is 0 Å². The normalized spacial score (nSPS) is 0. The van der Waals surface area contributed by atoms with Gasteiger partial charge in [-0.2, -0.15) is 0 Å². The Morgan fingerprint density at radius 3 is 0.500 bits per heavy atom. The Bertz CT molecular complexity index is 3.25. The number of hydrogen-bond acceptors (Lipinski definition) is 3. The largest absolute Gasteiger partial charge is 3.00 e. The maximum atomic E-state index is 0. The molecule has 0 aromatic carbocycles. The second kappa shape index (κ2) is 29.2. The Morgan fingerprint density at radius 2 is 0.500 bits per heavy atom. The molecule has 0 saturated carbocycles. The van der Waals surface area contributed by atoms with Crippen LogP contribution in [0.5, 0.6) is 0 Å². The molecule has 0 saturated heterocycles. The van der Waals surface area contributed by atoms with Crippen LogP contribution in [-0.2, 0) is 0 Å². The fourth-order valence-corrected chi connectivity index (χ4v) is 0. The van der Waals surface area contributed by atoms with Crippen molar-refractivity contribution in [2.75, 3.05) is 0 Å². The summed E-state index contributed by atoms with van der Waals surface area (Å²) >= 11 is 0. The number of rotatable bonds is 0. The van der Waals surface area contributed by atoms with Crippen LogP contribution in [0.4, 0.5) is 0 Å². The van der Waals surface area contributed by atoms with E-state index in [1.165, 1.54) is 0 Å². The zero-order valence-electron chi connectivity index (χ0n) is 1.84. The zero-order valence-corrected chi connectivity index (χ0v) is 5.05. The molecule has 1 radical (unpaired) electrons. The molecule has 4 heavy (non-hydrogen) atoms. The monoisotopic (exact) mass is 193 g/mol. The molecular weight excluding hydrogens is 192 g/mol. The summed E-state index contributed by atoms with van der Waals surface area (Å²) < 4.78 is 0. The van der Waals surface area contributed by atoms with Crippen LogP contribution in [0.1, 0.15) is 0 Å². The van der Waals surface area contributed by atoms with Crippen molar-refractivity contribution < 1.29 is 57.3 Å². The summed E-state index contributed by atoms with van der Waals surface area (Å²) in [6, 6.07) is 0. The van der Waals surface area contributed by atoms with Crippen molar-refractivity contribution in [3.05, 3.63) is 0 Å². The van der Waals surface area contributed by atoms with Gasteiger partial charge >= 0.3 is 40.8 Å². The molecule has 0 bridgehead atoms. The molecule has 0 aliphatic heterocycles. The van der Waals surface area contributed by atoms with E-state index in [1.807, 2.05) is 0 Å². The molecule has 0 heterocycles. The molecule has 0 rings (SSSR count). The van der Waals surface area contributed by atoms with Crippen LogP contribution < -0.4 is 0 Å². The van der Waals surface area contributed by atoms with E-state index < -0.39 is 0 Å². The zero-order chi connectivity index (χ0) is 0. The fourth-order valence-electron chi connectivity index (χ4n) is 0. The predicted molar refractivity (Wildman–Crippen MR) is 5.81 cm³/mol. The van der Waals surface area contributed by atoms with Crippen molar-refractivity contribution in [2.24, 2.45) is 0 Å². The van der Waals surface area contributed by atoms with Crippen LogP contribution >= 0.6 is 0 Å². The van der Waals surface area contributed by atoms with Crippen LogP contribution in [0.25, 0.3) is 0 Å². The first-order chi connectivity index (χ1) is 0. The van der Waals surface area contributed by atoms with Gasteiger partial charge in [-0.05, 0) is 0 Å². The van der Waals surface area contributed by atoms with Crippen molar-refractivity contribution >= 4 is 0 Å². The first-order valence-electron chi connectivity index (χ1n) is 0. The first-order valence-corrected chi connectivity index (χ1v) is 0. The van der Waals surface area contributed by atoms with E-state index >= 15 is 0 Å². The van der Waals surface area contributed by atoms with Gasteiger partial charge in [0.1, 0.15) is 0 Å². The molecule has 0 spiro atoms. The molecule has 3 nitrogen and oxygen atoms in total. The van der Waals surface area contributed by atoms with Gasteiger partial charge in [0.25, 0.3) is 0 Å². The van der Waals surface area contributed by atoms with E-state index in [0.717, 1.165) is 0 Å². The summed E-state index contributed by atoms with van der Waals surface area (Å²) in [6.45, 7) is 0. The molecule has 0 atom stereocenters. The van der Waals surface area contributed by atoms with E-state index in [1.54, 1.807) is 0 Å². The van der Waals surface area contributed by atoms with E-state index in [0.29, 0.717) is 0 Å². The van der Waals surface area contributed by atoms with E-state index in [2.05, 4.69) is 0 Å². The topological polar surface area (TPSA) is 90.0 Å². The SMILES string of the molecule is [Nd+3].[OH-].[OH-].[OH-]. The Balaban J connectivity index is 0. The van der Waals surface area contributed by atoms with Crippen LogP contribution in [0, 0.1) is 40.8 Å². The molecule has 0 aliphatic carbocycles. The Labute approximate surface area is 56.8 Å². The summed E-state index contributed by atoms with van der Waals surface area (Å²) in [5.41, 5.74) is 0. The fraction of sp³-hybridized carbons (Fsp3) is 0.